The van der Waals surface area contributed by atoms with E-state index in [1.54, 1.807) is 0 Å². The molecule has 8 nitrogen and oxygen atoms in total. The van der Waals surface area contributed by atoms with E-state index in [9.17, 15) is 23.6 Å². The van der Waals surface area contributed by atoms with Crippen molar-refractivity contribution in [1.82, 2.24) is 4.98 Å². The van der Waals surface area contributed by atoms with Crippen molar-refractivity contribution in [3.63, 3.8) is 0 Å². The standard InChI is InChI=1S/C11H8BrN3O5S/c12-7-3-9(6-13-5-7)21(19,20)14-10-2-1-8(15(17)18)4-11(10)16/h1-6,14,16H. The Hall–Kier alpha value is -2.20. The summed E-state index contributed by atoms with van der Waals surface area (Å²) in [7, 11) is -3.96. The molecule has 21 heavy (non-hydrogen) atoms. The van der Waals surface area contributed by atoms with Gasteiger partial charge in [-0.05, 0) is 28.1 Å². The third-order valence-electron chi connectivity index (χ3n) is 2.43. The monoisotopic (exact) mass is 373 g/mol. The van der Waals surface area contributed by atoms with E-state index < -0.39 is 20.7 Å². The molecular formula is C11H8BrN3O5S. The number of rotatable bonds is 4. The minimum Gasteiger partial charge on any atom is -0.505 e. The molecule has 110 valence electrons. The van der Waals surface area contributed by atoms with Crippen LogP contribution in [-0.2, 0) is 10.0 Å². The molecule has 1 aromatic carbocycles. The highest BCUT2D eigenvalue weighted by Gasteiger charge is 2.18. The van der Waals surface area contributed by atoms with Crippen molar-refractivity contribution in [2.24, 2.45) is 0 Å². The molecular weight excluding hydrogens is 366 g/mol. The van der Waals surface area contributed by atoms with Crippen molar-refractivity contribution < 1.29 is 18.4 Å². The van der Waals surface area contributed by atoms with Gasteiger partial charge in [-0.25, -0.2) is 8.42 Å². The number of hydrogen-bond acceptors (Lipinski definition) is 6. The minimum atomic E-state index is -3.96. The molecule has 0 saturated carbocycles. The average Bonchev–Trinajstić information content (AvgIpc) is 2.40. The lowest BCUT2D eigenvalue weighted by Crippen LogP contribution is -2.13. The van der Waals surface area contributed by atoms with Crippen LogP contribution in [0.4, 0.5) is 11.4 Å². The van der Waals surface area contributed by atoms with Gasteiger partial charge in [-0.15, -0.1) is 0 Å². The molecule has 10 heteroatoms. The van der Waals surface area contributed by atoms with Crippen LogP contribution in [-0.4, -0.2) is 23.4 Å². The van der Waals surface area contributed by atoms with Crippen LogP contribution in [0.2, 0.25) is 0 Å². The summed E-state index contributed by atoms with van der Waals surface area (Å²) >= 11 is 3.10. The number of sulfonamides is 1. The summed E-state index contributed by atoms with van der Waals surface area (Å²) in [6.07, 6.45) is 2.55. The van der Waals surface area contributed by atoms with E-state index in [0.29, 0.717) is 4.47 Å². The minimum absolute atomic E-state index is 0.116. The van der Waals surface area contributed by atoms with Gasteiger partial charge in [-0.1, -0.05) is 0 Å². The number of non-ortho nitro benzene ring substituents is 1. The van der Waals surface area contributed by atoms with Crippen LogP contribution in [0.5, 0.6) is 5.75 Å². The molecule has 0 aliphatic rings. The Morgan fingerprint density at radius 2 is 2.00 bits per heavy atom. The predicted octanol–water partition coefficient (Wildman–Crippen LogP) is 2.26. The van der Waals surface area contributed by atoms with Crippen molar-refractivity contribution in [3.8, 4) is 5.75 Å². The lowest BCUT2D eigenvalue weighted by molar-refractivity contribution is -0.384. The molecule has 0 bridgehead atoms. The lowest BCUT2D eigenvalue weighted by atomic mass is 10.3. The van der Waals surface area contributed by atoms with Crippen LogP contribution >= 0.6 is 15.9 Å². The lowest BCUT2D eigenvalue weighted by Gasteiger charge is -2.09. The van der Waals surface area contributed by atoms with E-state index in [4.69, 9.17) is 0 Å². The Morgan fingerprint density at radius 1 is 1.29 bits per heavy atom. The number of nitro benzene ring substituents is 1. The van der Waals surface area contributed by atoms with E-state index in [1.807, 2.05) is 0 Å². The SMILES string of the molecule is O=[N+]([O-])c1ccc(NS(=O)(=O)c2cncc(Br)c2)c(O)c1. The zero-order chi connectivity index (χ0) is 15.6. The molecule has 0 radical (unpaired) electrons. The van der Waals surface area contributed by atoms with Crippen LogP contribution < -0.4 is 4.72 Å². The summed E-state index contributed by atoms with van der Waals surface area (Å²) in [5.41, 5.74) is -0.514. The number of aromatic hydroxyl groups is 1. The predicted molar refractivity (Wildman–Crippen MR) is 77.5 cm³/mol. The molecule has 0 atom stereocenters. The first-order valence-corrected chi connectivity index (χ1v) is 7.68. The molecule has 0 spiro atoms. The van der Waals surface area contributed by atoms with E-state index in [1.165, 1.54) is 12.3 Å². The first-order chi connectivity index (χ1) is 9.79. The fourth-order valence-electron chi connectivity index (χ4n) is 1.46. The van der Waals surface area contributed by atoms with Gasteiger partial charge < -0.3 is 5.11 Å². The van der Waals surface area contributed by atoms with Gasteiger partial charge in [0.25, 0.3) is 15.7 Å². The molecule has 0 aliphatic carbocycles. The first kappa shape index (κ1) is 15.2. The van der Waals surface area contributed by atoms with Crippen molar-refractivity contribution in [2.75, 3.05) is 4.72 Å². The molecule has 2 rings (SSSR count). The third kappa shape index (κ3) is 3.47. The van der Waals surface area contributed by atoms with Crippen LogP contribution in [0.1, 0.15) is 0 Å². The molecule has 0 fully saturated rings. The van der Waals surface area contributed by atoms with Gasteiger partial charge in [0.05, 0.1) is 16.7 Å². The van der Waals surface area contributed by atoms with E-state index >= 15 is 0 Å². The van der Waals surface area contributed by atoms with Crippen molar-refractivity contribution in [1.29, 1.82) is 0 Å². The van der Waals surface area contributed by atoms with Gasteiger partial charge in [-0.3, -0.25) is 19.8 Å². The molecule has 2 N–H and O–H groups in total. The van der Waals surface area contributed by atoms with Gasteiger partial charge in [0.15, 0.2) is 0 Å². The van der Waals surface area contributed by atoms with Gasteiger partial charge in [0.1, 0.15) is 10.6 Å². The maximum absolute atomic E-state index is 12.1. The number of nitro groups is 1. The number of benzene rings is 1. The Balaban J connectivity index is 2.35. The Morgan fingerprint density at radius 3 is 2.57 bits per heavy atom. The number of phenols is 1. The summed E-state index contributed by atoms with van der Waals surface area (Å²) in [6, 6.07) is 4.38. The highest BCUT2D eigenvalue weighted by atomic mass is 79.9. The number of hydrogen-bond donors (Lipinski definition) is 2. The topological polar surface area (TPSA) is 122 Å². The zero-order valence-electron chi connectivity index (χ0n) is 10.2. The van der Waals surface area contributed by atoms with E-state index in [0.717, 1.165) is 24.4 Å². The largest absolute Gasteiger partial charge is 0.505 e. The second-order valence-corrected chi connectivity index (χ2v) is 6.50. The van der Waals surface area contributed by atoms with E-state index in [2.05, 4.69) is 25.6 Å². The van der Waals surface area contributed by atoms with Crippen molar-refractivity contribution >= 4 is 37.3 Å². The number of halogens is 1. The highest BCUT2D eigenvalue weighted by Crippen LogP contribution is 2.29. The average molecular weight is 374 g/mol. The second kappa shape index (κ2) is 5.66. The van der Waals surface area contributed by atoms with Gasteiger partial charge in [-0.2, -0.15) is 0 Å². The number of phenolic OH excluding ortho intramolecular Hbond substituents is 1. The quantitative estimate of drug-likeness (QED) is 0.481. The third-order valence-corrected chi connectivity index (χ3v) is 4.19. The second-order valence-electron chi connectivity index (χ2n) is 3.90. The summed E-state index contributed by atoms with van der Waals surface area (Å²) in [5.74, 6) is -0.546. The molecule has 0 saturated heterocycles. The number of pyridine rings is 1. The summed E-state index contributed by atoms with van der Waals surface area (Å²) < 4.78 is 26.8. The van der Waals surface area contributed by atoms with Crippen LogP contribution in [0.3, 0.4) is 0 Å². The Bertz CT molecular complexity index is 809. The fourth-order valence-corrected chi connectivity index (χ4v) is 3.04. The number of nitrogens with zero attached hydrogens (tertiary/aromatic N) is 2. The van der Waals surface area contributed by atoms with Crippen molar-refractivity contribution in [2.45, 2.75) is 4.90 Å². The summed E-state index contributed by atoms with van der Waals surface area (Å²) in [5, 5.41) is 20.2. The fraction of sp³-hybridized carbons (Fsp3) is 0. The van der Waals surface area contributed by atoms with Gasteiger partial charge in [0.2, 0.25) is 0 Å². The Kier molecular flexibility index (Phi) is 4.09. The van der Waals surface area contributed by atoms with Crippen LogP contribution in [0, 0.1) is 10.1 Å². The van der Waals surface area contributed by atoms with E-state index in [-0.39, 0.29) is 16.3 Å². The summed E-state index contributed by atoms with van der Waals surface area (Å²) in [4.78, 5) is 13.5. The molecule has 0 amide bonds. The molecule has 0 aliphatic heterocycles. The molecule has 1 heterocycles. The highest BCUT2D eigenvalue weighted by molar-refractivity contribution is 9.10. The maximum atomic E-state index is 12.1. The van der Waals surface area contributed by atoms with Gasteiger partial charge >= 0.3 is 0 Å². The van der Waals surface area contributed by atoms with Crippen molar-refractivity contribution in [3.05, 3.63) is 51.2 Å². The molecule has 0 unspecified atom stereocenters. The molecule has 1 aromatic heterocycles. The van der Waals surface area contributed by atoms with Gasteiger partial charge in [0, 0.05) is 22.9 Å². The number of anilines is 1. The maximum Gasteiger partial charge on any atom is 0.273 e. The first-order valence-electron chi connectivity index (χ1n) is 5.40. The smallest absolute Gasteiger partial charge is 0.273 e. The summed E-state index contributed by atoms with van der Waals surface area (Å²) in [6.45, 7) is 0. The number of nitrogens with one attached hydrogen (secondary N) is 1. The Labute approximate surface area is 127 Å². The molecule has 2 aromatic rings. The van der Waals surface area contributed by atoms with Crippen LogP contribution in [0.25, 0.3) is 0 Å². The van der Waals surface area contributed by atoms with Crippen LogP contribution in [0.15, 0.2) is 46.0 Å². The normalized spacial score (nSPS) is 11.1. The zero-order valence-corrected chi connectivity index (χ0v) is 12.6. The number of aromatic nitrogens is 1.